The van der Waals surface area contributed by atoms with Crippen molar-refractivity contribution < 1.29 is 53.3 Å². The van der Waals surface area contributed by atoms with Gasteiger partial charge in [-0.25, -0.2) is 4.57 Å². The molecule has 5 N–H and O–H groups in total. The van der Waals surface area contributed by atoms with E-state index in [4.69, 9.17) is 19.3 Å². The van der Waals surface area contributed by atoms with Gasteiger partial charge in [-0.2, -0.15) is 0 Å². The van der Waals surface area contributed by atoms with Gasteiger partial charge in [0.2, 0.25) is 0 Å². The first-order valence-corrected chi connectivity index (χ1v) is 22.0. The Kier molecular flexibility index (Phi) is 29.7. The zero-order valence-corrected chi connectivity index (χ0v) is 34.3. The molecule has 1 fully saturated rings. The molecule has 0 aliphatic heterocycles. The Labute approximate surface area is 330 Å². The lowest BCUT2D eigenvalue weighted by molar-refractivity contribution is -0.161. The summed E-state index contributed by atoms with van der Waals surface area (Å²) in [5.41, 5.74) is 0. The number of allylic oxidation sites excluding steroid dienone is 10. The third-order valence-corrected chi connectivity index (χ3v) is 9.79. The summed E-state index contributed by atoms with van der Waals surface area (Å²) in [6.45, 7) is 3.23. The summed E-state index contributed by atoms with van der Waals surface area (Å²) in [7, 11) is -4.83. The average Bonchev–Trinajstić information content (AvgIpc) is 3.41. The van der Waals surface area contributed by atoms with Gasteiger partial charge in [-0.05, 0) is 70.1 Å². The average molecular weight is 795 g/mol. The minimum Gasteiger partial charge on any atom is -0.462 e. The van der Waals surface area contributed by atoms with Crippen LogP contribution in [0.5, 0.6) is 0 Å². The van der Waals surface area contributed by atoms with Gasteiger partial charge in [0.05, 0.1) is 24.9 Å². The van der Waals surface area contributed by atoms with Crippen LogP contribution >= 0.6 is 7.82 Å². The summed E-state index contributed by atoms with van der Waals surface area (Å²) in [6, 6.07) is 0. The number of aliphatic hydroxyl groups excluding tert-OH is 3. The molecular weight excluding hydrogens is 723 g/mol. The monoisotopic (exact) mass is 794 g/mol. The van der Waals surface area contributed by atoms with Crippen molar-refractivity contribution in [1.29, 1.82) is 0 Å². The van der Waals surface area contributed by atoms with Crippen LogP contribution in [-0.4, -0.2) is 74.7 Å². The summed E-state index contributed by atoms with van der Waals surface area (Å²) < 4.78 is 26.3. The van der Waals surface area contributed by atoms with Crippen molar-refractivity contribution in [3.05, 3.63) is 72.9 Å². The van der Waals surface area contributed by atoms with Gasteiger partial charge in [-0.15, -0.1) is 0 Å². The van der Waals surface area contributed by atoms with Crippen LogP contribution in [0, 0.1) is 11.8 Å². The predicted octanol–water partition coefficient (Wildman–Crippen LogP) is 8.67. The van der Waals surface area contributed by atoms with E-state index in [1.165, 1.54) is 0 Å². The number of phosphoric acid groups is 1. The first-order chi connectivity index (χ1) is 26.5. The Bertz CT molecular complexity index is 1230. The predicted molar refractivity (Wildman–Crippen MR) is 218 cm³/mol. The standard InChI is InChI=1S/C43H71O11P/c1-3-5-7-8-9-10-11-12-13-14-15-16-17-18-19-20-26-30-43(48)54-37(35-53-55(49,50)51)34-52-42(47)29-25-22-21-24-28-38-39(41(46)33-40(38)45)32-31-36(44)27-23-6-4-2/h5,7,9-10,12-13,15-16,18-19,31-32,36-41,44-46H,3-4,6,8,11,14,17,20-30,33-35H2,1-2H3,(H2,49,50,51)/b7-5-,10-9-,13-12-,16-15-,19-18-,32-31+/t36-,37+,38+,39+,40-,41+/m0/s1. The highest BCUT2D eigenvalue weighted by molar-refractivity contribution is 7.46. The maximum Gasteiger partial charge on any atom is 0.469 e. The summed E-state index contributed by atoms with van der Waals surface area (Å²) >= 11 is 0. The second kappa shape index (κ2) is 32.5. The van der Waals surface area contributed by atoms with Crippen LogP contribution in [0.3, 0.4) is 0 Å². The molecule has 0 amide bonds. The summed E-state index contributed by atoms with van der Waals surface area (Å²) in [5, 5.41) is 31.2. The number of phosphoric ester groups is 1. The van der Waals surface area contributed by atoms with E-state index in [2.05, 4.69) is 67.0 Å². The molecule has 6 atom stereocenters. The fourth-order valence-corrected chi connectivity index (χ4v) is 6.63. The van der Waals surface area contributed by atoms with E-state index in [1.54, 1.807) is 6.08 Å². The number of carbonyl (C=O) groups is 2. The smallest absolute Gasteiger partial charge is 0.462 e. The van der Waals surface area contributed by atoms with Crippen LogP contribution in [0.2, 0.25) is 0 Å². The van der Waals surface area contributed by atoms with Crippen LogP contribution in [0.1, 0.15) is 136 Å². The Morgan fingerprint density at radius 2 is 1.33 bits per heavy atom. The molecule has 1 aliphatic rings. The highest BCUT2D eigenvalue weighted by Gasteiger charge is 2.39. The fraction of sp³-hybridized carbons (Fsp3) is 0.674. The molecule has 55 heavy (non-hydrogen) atoms. The number of unbranched alkanes of at least 4 members (excludes halogenated alkanes) is 6. The molecule has 12 heteroatoms. The van der Waals surface area contributed by atoms with Gasteiger partial charge in [-0.3, -0.25) is 14.1 Å². The highest BCUT2D eigenvalue weighted by Crippen LogP contribution is 2.37. The normalized spacial score (nSPS) is 20.6. The van der Waals surface area contributed by atoms with Gasteiger partial charge in [0.15, 0.2) is 6.10 Å². The highest BCUT2D eigenvalue weighted by atomic mass is 31.2. The van der Waals surface area contributed by atoms with Crippen LogP contribution in [0.4, 0.5) is 0 Å². The number of hydrogen-bond acceptors (Lipinski definition) is 9. The maximum absolute atomic E-state index is 12.4. The number of carbonyl (C=O) groups excluding carboxylic acids is 2. The molecule has 314 valence electrons. The molecule has 0 heterocycles. The van der Waals surface area contributed by atoms with Crippen LogP contribution in [0.15, 0.2) is 72.9 Å². The van der Waals surface area contributed by atoms with Gasteiger partial charge >= 0.3 is 19.8 Å². The number of esters is 2. The molecule has 0 unspecified atom stereocenters. The Morgan fingerprint density at radius 1 is 0.727 bits per heavy atom. The Morgan fingerprint density at radius 3 is 1.95 bits per heavy atom. The van der Waals surface area contributed by atoms with E-state index < -0.39 is 50.8 Å². The topological polar surface area (TPSA) is 180 Å². The molecule has 0 radical (unpaired) electrons. The van der Waals surface area contributed by atoms with Crippen molar-refractivity contribution in [2.24, 2.45) is 11.8 Å². The van der Waals surface area contributed by atoms with Gasteiger partial charge < -0.3 is 34.6 Å². The van der Waals surface area contributed by atoms with E-state index in [-0.39, 0.29) is 31.3 Å². The molecule has 1 aliphatic carbocycles. The number of rotatable bonds is 32. The molecule has 11 nitrogen and oxygen atoms in total. The lowest BCUT2D eigenvalue weighted by atomic mass is 9.88. The van der Waals surface area contributed by atoms with Gasteiger partial charge in [0.1, 0.15) is 6.61 Å². The van der Waals surface area contributed by atoms with Crippen molar-refractivity contribution in [3.63, 3.8) is 0 Å². The largest absolute Gasteiger partial charge is 0.469 e. The maximum atomic E-state index is 12.4. The molecular formula is C43H71O11P. The molecule has 0 bridgehead atoms. The lowest BCUT2D eigenvalue weighted by Gasteiger charge is -2.21. The van der Waals surface area contributed by atoms with Gasteiger partial charge in [0.25, 0.3) is 0 Å². The van der Waals surface area contributed by atoms with Gasteiger partial charge in [0, 0.05) is 25.2 Å². The first kappa shape index (κ1) is 50.4. The third kappa shape index (κ3) is 28.4. The van der Waals surface area contributed by atoms with Crippen molar-refractivity contribution in [2.75, 3.05) is 13.2 Å². The van der Waals surface area contributed by atoms with Crippen LogP contribution in [0.25, 0.3) is 0 Å². The Balaban J connectivity index is 2.32. The zero-order chi connectivity index (χ0) is 40.6. The second-order valence-corrected chi connectivity index (χ2v) is 15.4. The SMILES string of the molecule is CC/C=C\C/C=C\C/C=C\C/C=C\C/C=C\CCCC(=O)O[C@H](COC(=O)CCCCCC[C@@H]1[C@@H](/C=C/[C@@H](O)CCCCC)[C@H](O)C[C@@H]1O)COP(=O)(O)O. The van der Waals surface area contributed by atoms with E-state index in [9.17, 15) is 29.5 Å². The number of aliphatic hydroxyl groups is 3. The van der Waals surface area contributed by atoms with Gasteiger partial charge in [-0.1, -0.05) is 125 Å². The molecule has 1 saturated carbocycles. The number of ether oxygens (including phenoxy) is 2. The van der Waals surface area contributed by atoms with E-state index in [1.807, 2.05) is 18.2 Å². The minimum absolute atomic E-state index is 0.0869. The molecule has 1 rings (SSSR count). The second-order valence-electron chi connectivity index (χ2n) is 14.2. The first-order valence-electron chi connectivity index (χ1n) is 20.5. The van der Waals surface area contributed by atoms with E-state index >= 15 is 0 Å². The fourth-order valence-electron chi connectivity index (χ4n) is 6.27. The van der Waals surface area contributed by atoms with Crippen molar-refractivity contribution in [2.45, 2.75) is 160 Å². The van der Waals surface area contributed by atoms with Crippen LogP contribution < -0.4 is 0 Å². The van der Waals surface area contributed by atoms with Crippen LogP contribution in [-0.2, 0) is 28.2 Å². The summed E-state index contributed by atoms with van der Waals surface area (Å²) in [6.07, 6.45) is 35.6. The molecule has 0 aromatic heterocycles. The van der Waals surface area contributed by atoms with E-state index in [0.29, 0.717) is 32.1 Å². The van der Waals surface area contributed by atoms with Crippen molar-refractivity contribution >= 4 is 19.8 Å². The number of hydrogen-bond donors (Lipinski definition) is 5. The van der Waals surface area contributed by atoms with Crippen molar-refractivity contribution in [3.8, 4) is 0 Å². The zero-order valence-electron chi connectivity index (χ0n) is 33.4. The summed E-state index contributed by atoms with van der Waals surface area (Å²) in [4.78, 5) is 43.0. The lowest BCUT2D eigenvalue weighted by Crippen LogP contribution is -2.29. The molecule has 0 aromatic carbocycles. The quantitative estimate of drug-likeness (QED) is 0.0190. The molecule has 0 spiro atoms. The van der Waals surface area contributed by atoms with Crippen molar-refractivity contribution in [1.82, 2.24) is 0 Å². The van der Waals surface area contributed by atoms with E-state index in [0.717, 1.165) is 77.0 Å². The Hall–Kier alpha value is -2.63. The minimum atomic E-state index is -4.83. The molecule has 0 aromatic rings. The molecule has 0 saturated heterocycles. The third-order valence-electron chi connectivity index (χ3n) is 9.31. The summed E-state index contributed by atoms with van der Waals surface area (Å²) in [5.74, 6) is -1.39.